The maximum Gasteiger partial charge on any atom is 0.334 e. The molecule has 0 saturated carbocycles. The Kier molecular flexibility index (Phi) is 5.48. The van der Waals surface area contributed by atoms with E-state index in [1.54, 1.807) is 25.1 Å². The molecule has 8 nitrogen and oxygen atoms in total. The highest BCUT2D eigenvalue weighted by Gasteiger charge is 2.41. The summed E-state index contributed by atoms with van der Waals surface area (Å²) in [7, 11) is 0. The Labute approximate surface area is 196 Å². The highest BCUT2D eigenvalue weighted by Crippen LogP contribution is 2.36. The third-order valence-corrected chi connectivity index (χ3v) is 6.06. The molecule has 0 aliphatic rings. The fraction of sp³-hybridized carbons (Fsp3) is 0.167. The van der Waals surface area contributed by atoms with Crippen LogP contribution in [0.5, 0.6) is 0 Å². The zero-order valence-electron chi connectivity index (χ0n) is 18.4. The summed E-state index contributed by atoms with van der Waals surface area (Å²) in [6, 6.07) is 9.08. The Morgan fingerprint density at radius 1 is 1.06 bits per heavy atom. The first-order chi connectivity index (χ1) is 16.8. The Bertz CT molecular complexity index is 1560. The molecule has 0 amide bonds. The van der Waals surface area contributed by atoms with Crippen LogP contribution in [0.25, 0.3) is 16.9 Å². The largest absolute Gasteiger partial charge is 0.381 e. The molecule has 0 radical (unpaired) electrons. The van der Waals surface area contributed by atoms with Crippen LogP contribution < -0.4 is 5.69 Å². The van der Waals surface area contributed by atoms with E-state index in [0.717, 1.165) is 12.1 Å². The molecule has 1 N–H and O–H groups in total. The van der Waals surface area contributed by atoms with E-state index in [-0.39, 0.29) is 12.1 Å². The quantitative estimate of drug-likeness (QED) is 0.403. The monoisotopic (exact) mass is 480 g/mol. The van der Waals surface area contributed by atoms with Crippen LogP contribution in [0.1, 0.15) is 18.5 Å². The number of imidazole rings is 1. The van der Waals surface area contributed by atoms with Crippen LogP contribution in [0.3, 0.4) is 0 Å². The average molecular weight is 480 g/mol. The Morgan fingerprint density at radius 3 is 2.49 bits per heavy atom. The van der Waals surface area contributed by atoms with Crippen molar-refractivity contribution in [3.8, 4) is 11.3 Å². The Morgan fingerprint density at radius 2 is 1.80 bits per heavy atom. The maximum absolute atomic E-state index is 14.8. The molecule has 178 valence electrons. The van der Waals surface area contributed by atoms with Gasteiger partial charge in [0.05, 0.1) is 18.3 Å². The van der Waals surface area contributed by atoms with Crippen LogP contribution in [0.2, 0.25) is 0 Å². The lowest BCUT2D eigenvalue weighted by Gasteiger charge is -2.35. The van der Waals surface area contributed by atoms with Gasteiger partial charge in [-0.3, -0.25) is 8.97 Å². The summed E-state index contributed by atoms with van der Waals surface area (Å²) in [5.41, 5.74) is -1.35. The van der Waals surface area contributed by atoms with Gasteiger partial charge >= 0.3 is 5.69 Å². The van der Waals surface area contributed by atoms with Crippen LogP contribution in [0.4, 0.5) is 13.2 Å². The molecule has 2 unspecified atom stereocenters. The highest BCUT2D eigenvalue weighted by atomic mass is 19.1. The van der Waals surface area contributed by atoms with Gasteiger partial charge in [0.15, 0.2) is 0 Å². The number of hydrogen-bond donors (Lipinski definition) is 1. The number of nitrogens with zero attached hydrogens (tertiary/aromatic N) is 6. The van der Waals surface area contributed by atoms with Gasteiger partial charge in [-0.2, -0.15) is 5.10 Å². The molecule has 0 spiro atoms. The zero-order valence-corrected chi connectivity index (χ0v) is 18.4. The van der Waals surface area contributed by atoms with Gasteiger partial charge in [-0.1, -0.05) is 6.07 Å². The third-order valence-electron chi connectivity index (χ3n) is 6.06. The van der Waals surface area contributed by atoms with Gasteiger partial charge in [0.2, 0.25) is 0 Å². The Balaban J connectivity index is 1.62. The molecule has 35 heavy (non-hydrogen) atoms. The molecule has 0 aliphatic heterocycles. The van der Waals surface area contributed by atoms with Gasteiger partial charge in [0.1, 0.15) is 41.4 Å². The van der Waals surface area contributed by atoms with E-state index >= 15 is 0 Å². The molecule has 2 aromatic carbocycles. The molecule has 0 saturated heterocycles. The Hall–Kier alpha value is -4.25. The molecular weight excluding hydrogens is 461 g/mol. The first kappa shape index (κ1) is 22.5. The normalized spacial score (nSPS) is 14.2. The first-order valence-electron chi connectivity index (χ1n) is 10.6. The number of halogens is 3. The van der Waals surface area contributed by atoms with Gasteiger partial charge in [-0.05, 0) is 43.3 Å². The molecule has 2 atom stereocenters. The molecule has 0 aliphatic carbocycles. The molecule has 3 aromatic heterocycles. The summed E-state index contributed by atoms with van der Waals surface area (Å²) in [6.07, 6.45) is 5.54. The first-order valence-corrected chi connectivity index (χ1v) is 10.6. The van der Waals surface area contributed by atoms with E-state index in [0.29, 0.717) is 23.0 Å². The number of fused-ring (bicyclic) bond motifs is 1. The van der Waals surface area contributed by atoms with E-state index in [1.165, 1.54) is 50.8 Å². The van der Waals surface area contributed by atoms with E-state index < -0.39 is 34.8 Å². The summed E-state index contributed by atoms with van der Waals surface area (Å²) in [5.74, 6) is -2.16. The maximum atomic E-state index is 14.8. The van der Waals surface area contributed by atoms with Crippen LogP contribution in [0, 0.1) is 17.5 Å². The van der Waals surface area contributed by atoms with Crippen molar-refractivity contribution in [3.05, 3.63) is 107 Å². The van der Waals surface area contributed by atoms with Crippen molar-refractivity contribution in [1.82, 2.24) is 28.7 Å². The van der Waals surface area contributed by atoms with E-state index in [2.05, 4.69) is 15.1 Å². The third kappa shape index (κ3) is 3.99. The lowest BCUT2D eigenvalue weighted by atomic mass is 9.86. The van der Waals surface area contributed by atoms with Crippen molar-refractivity contribution >= 4 is 5.65 Å². The summed E-state index contributed by atoms with van der Waals surface area (Å²) in [5, 5.41) is 15.8. The number of rotatable bonds is 6. The zero-order chi connectivity index (χ0) is 24.7. The number of aromatic nitrogens is 6. The second-order valence-corrected chi connectivity index (χ2v) is 8.18. The SMILES string of the molecule is CC(n1ccc2nc(-c3ccc(F)cc3)cn2c1=O)C(O)(Cn1cncn1)c1ccc(F)cc1F. The fourth-order valence-electron chi connectivity index (χ4n) is 4.13. The van der Waals surface area contributed by atoms with E-state index in [9.17, 15) is 23.1 Å². The van der Waals surface area contributed by atoms with Gasteiger partial charge in [-0.25, -0.2) is 32.6 Å². The van der Waals surface area contributed by atoms with Crippen LogP contribution in [-0.4, -0.2) is 33.8 Å². The molecular formula is C24H19F3N6O2. The standard InChI is InChI=1S/C24H19F3N6O2/c1-15(24(35,12-31-14-28-13-29-31)19-7-6-18(26)10-20(19)27)32-9-8-22-30-21(11-33(22)23(32)34)16-2-4-17(25)5-3-16/h2-11,13-15,35H,12H2,1H3. The summed E-state index contributed by atoms with van der Waals surface area (Å²) in [4.78, 5) is 21.7. The molecule has 0 fully saturated rings. The van der Waals surface area contributed by atoms with Crippen LogP contribution in [-0.2, 0) is 12.1 Å². The average Bonchev–Trinajstić information content (AvgIpc) is 3.49. The van der Waals surface area contributed by atoms with Gasteiger partial charge in [0, 0.05) is 29.6 Å². The number of aliphatic hydroxyl groups is 1. The second kappa shape index (κ2) is 8.51. The predicted molar refractivity (Wildman–Crippen MR) is 120 cm³/mol. The number of hydrogen-bond acceptors (Lipinski definition) is 5. The molecule has 0 bridgehead atoms. The van der Waals surface area contributed by atoms with Crippen LogP contribution in [0.15, 0.2) is 78.4 Å². The van der Waals surface area contributed by atoms with Gasteiger partial charge in [-0.15, -0.1) is 0 Å². The summed E-state index contributed by atoms with van der Waals surface area (Å²) in [6.45, 7) is 1.29. The highest BCUT2D eigenvalue weighted by molar-refractivity contribution is 5.62. The minimum Gasteiger partial charge on any atom is -0.381 e. The molecule has 5 aromatic rings. The van der Waals surface area contributed by atoms with Crippen molar-refractivity contribution in [2.75, 3.05) is 0 Å². The smallest absolute Gasteiger partial charge is 0.334 e. The summed E-state index contributed by atoms with van der Waals surface area (Å²) >= 11 is 0. The summed E-state index contributed by atoms with van der Waals surface area (Å²) < 4.78 is 45.6. The minimum absolute atomic E-state index is 0.202. The van der Waals surface area contributed by atoms with Gasteiger partial charge < -0.3 is 5.11 Å². The lowest BCUT2D eigenvalue weighted by Crippen LogP contribution is -2.44. The van der Waals surface area contributed by atoms with Crippen molar-refractivity contribution in [1.29, 1.82) is 0 Å². The van der Waals surface area contributed by atoms with Crippen molar-refractivity contribution < 1.29 is 18.3 Å². The minimum atomic E-state index is -2.01. The van der Waals surface area contributed by atoms with Crippen molar-refractivity contribution in [2.45, 2.75) is 25.1 Å². The topological polar surface area (TPSA) is 90.2 Å². The molecule has 3 heterocycles. The second-order valence-electron chi connectivity index (χ2n) is 8.18. The van der Waals surface area contributed by atoms with Crippen molar-refractivity contribution in [2.24, 2.45) is 0 Å². The molecule has 11 heteroatoms. The number of benzene rings is 2. The van der Waals surface area contributed by atoms with Crippen molar-refractivity contribution in [3.63, 3.8) is 0 Å². The van der Waals surface area contributed by atoms with E-state index in [4.69, 9.17) is 0 Å². The van der Waals surface area contributed by atoms with Gasteiger partial charge in [0.25, 0.3) is 0 Å². The lowest BCUT2D eigenvalue weighted by molar-refractivity contribution is -0.0346. The predicted octanol–water partition coefficient (Wildman–Crippen LogP) is 3.32. The fourth-order valence-corrected chi connectivity index (χ4v) is 4.13. The van der Waals surface area contributed by atoms with Crippen LogP contribution >= 0.6 is 0 Å². The van der Waals surface area contributed by atoms with E-state index in [1.807, 2.05) is 0 Å². The molecule has 5 rings (SSSR count).